The number of nitrogens with one attached hydrogen (secondary N) is 1. The Balaban J connectivity index is 1.20. The van der Waals surface area contributed by atoms with Crippen LogP contribution >= 0.6 is 0 Å². The number of para-hydroxylation sites is 1. The normalized spacial score (nSPS) is 38.9. The van der Waals surface area contributed by atoms with E-state index in [1.807, 2.05) is 5.57 Å². The fourth-order valence-electron chi connectivity index (χ4n) is 10.4. The van der Waals surface area contributed by atoms with Gasteiger partial charge in [0.1, 0.15) is 0 Å². The Morgan fingerprint density at radius 3 is 2.58 bits per heavy atom. The van der Waals surface area contributed by atoms with Crippen LogP contribution in [0.2, 0.25) is 0 Å². The summed E-state index contributed by atoms with van der Waals surface area (Å²) in [7, 11) is 0. The molecule has 196 valence electrons. The standard InChI is InChI=1S/C35H51N/c1-23(2)9-8-10-24(3)30-15-16-31-28-14-13-26-21-25(29-22-36-33-12-7-6-11-27(29)33)17-19-34(26,4)32(28)18-20-35(30,31)5/h6-7,11-12,21-25,28,30-32,36H,8-10,13-20H2,1-5H3/t24-,25?,28+,30-,31+,32+,34+,35-/m1/s1. The van der Waals surface area contributed by atoms with Crippen molar-refractivity contribution in [2.24, 2.45) is 46.3 Å². The SMILES string of the molecule is CC(C)CCC[C@@H](C)[C@H]1CC[C@H]2[C@@H]3CCC4=CC(c5c[nH]c6ccccc56)CC[C@]4(C)[C@H]3CC[C@]12C. The third-order valence-electron chi connectivity index (χ3n) is 12.3. The maximum Gasteiger partial charge on any atom is 0.0457 e. The fraction of sp³-hybridized carbons (Fsp3) is 0.714. The van der Waals surface area contributed by atoms with E-state index in [0.717, 1.165) is 35.5 Å². The van der Waals surface area contributed by atoms with Crippen LogP contribution in [0.4, 0.5) is 0 Å². The Morgan fingerprint density at radius 1 is 0.917 bits per heavy atom. The van der Waals surface area contributed by atoms with Crippen molar-refractivity contribution in [3.8, 4) is 0 Å². The molecule has 0 bridgehead atoms. The van der Waals surface area contributed by atoms with Gasteiger partial charge in [0.15, 0.2) is 0 Å². The van der Waals surface area contributed by atoms with Crippen LogP contribution in [0.1, 0.15) is 117 Å². The number of aromatic amines is 1. The topological polar surface area (TPSA) is 15.8 Å². The summed E-state index contributed by atoms with van der Waals surface area (Å²) in [5.41, 5.74) is 5.71. The van der Waals surface area contributed by atoms with Crippen LogP contribution in [0.3, 0.4) is 0 Å². The minimum absolute atomic E-state index is 0.452. The lowest BCUT2D eigenvalue weighted by Gasteiger charge is -2.59. The highest BCUT2D eigenvalue weighted by Crippen LogP contribution is 2.68. The largest absolute Gasteiger partial charge is 0.361 e. The molecule has 1 aromatic heterocycles. The Bertz CT molecular complexity index is 1100. The van der Waals surface area contributed by atoms with Gasteiger partial charge in [-0.25, -0.2) is 0 Å². The molecule has 3 saturated carbocycles. The molecule has 1 heteroatoms. The molecule has 1 nitrogen and oxygen atoms in total. The average molecular weight is 486 g/mol. The van der Waals surface area contributed by atoms with Crippen molar-refractivity contribution in [2.75, 3.05) is 0 Å². The van der Waals surface area contributed by atoms with E-state index in [-0.39, 0.29) is 0 Å². The predicted molar refractivity (Wildman–Crippen MR) is 154 cm³/mol. The molecule has 4 aliphatic carbocycles. The smallest absolute Gasteiger partial charge is 0.0457 e. The second-order valence-corrected chi connectivity index (χ2v) is 14.5. The monoisotopic (exact) mass is 485 g/mol. The van der Waals surface area contributed by atoms with Gasteiger partial charge in [-0.15, -0.1) is 0 Å². The number of rotatable bonds is 6. The predicted octanol–water partition coefficient (Wildman–Crippen LogP) is 10.3. The Kier molecular flexibility index (Phi) is 6.45. The van der Waals surface area contributed by atoms with E-state index in [9.17, 15) is 0 Å². The van der Waals surface area contributed by atoms with Crippen molar-refractivity contribution in [3.05, 3.63) is 47.7 Å². The van der Waals surface area contributed by atoms with Gasteiger partial charge in [-0.1, -0.05) is 83.7 Å². The molecule has 0 spiro atoms. The lowest BCUT2D eigenvalue weighted by molar-refractivity contribution is -0.0597. The lowest BCUT2D eigenvalue weighted by atomic mass is 9.46. The number of fused-ring (bicyclic) bond motifs is 6. The number of allylic oxidation sites excluding steroid dienone is 2. The number of hydrogen-bond acceptors (Lipinski definition) is 0. The second kappa shape index (κ2) is 9.36. The number of hydrogen-bond donors (Lipinski definition) is 1. The summed E-state index contributed by atoms with van der Waals surface area (Å²) in [6.45, 7) is 12.8. The van der Waals surface area contributed by atoms with Crippen LogP contribution in [0, 0.1) is 46.3 Å². The first kappa shape index (κ1) is 24.8. The number of aromatic nitrogens is 1. The fourth-order valence-corrected chi connectivity index (χ4v) is 10.4. The van der Waals surface area contributed by atoms with Gasteiger partial charge >= 0.3 is 0 Å². The van der Waals surface area contributed by atoms with Crippen molar-refractivity contribution >= 4 is 10.9 Å². The van der Waals surface area contributed by atoms with Crippen LogP contribution in [0.15, 0.2) is 42.1 Å². The first-order valence-corrected chi connectivity index (χ1v) is 15.6. The summed E-state index contributed by atoms with van der Waals surface area (Å²) >= 11 is 0. The molecule has 3 fully saturated rings. The minimum atomic E-state index is 0.452. The lowest BCUT2D eigenvalue weighted by Crippen LogP contribution is -2.50. The number of H-pyrrole nitrogens is 1. The molecule has 6 rings (SSSR count). The molecule has 36 heavy (non-hydrogen) atoms. The van der Waals surface area contributed by atoms with E-state index >= 15 is 0 Å². The zero-order valence-corrected chi connectivity index (χ0v) is 23.8. The van der Waals surface area contributed by atoms with Gasteiger partial charge in [-0.05, 0) is 109 Å². The van der Waals surface area contributed by atoms with Crippen molar-refractivity contribution in [1.29, 1.82) is 0 Å². The third kappa shape index (κ3) is 3.94. The molecule has 8 atom stereocenters. The van der Waals surface area contributed by atoms with Crippen molar-refractivity contribution in [1.82, 2.24) is 4.98 Å². The highest BCUT2D eigenvalue weighted by Gasteiger charge is 2.59. The van der Waals surface area contributed by atoms with E-state index in [4.69, 9.17) is 0 Å². The van der Waals surface area contributed by atoms with Crippen LogP contribution in [-0.2, 0) is 0 Å². The quantitative estimate of drug-likeness (QED) is 0.392. The molecule has 0 aliphatic heterocycles. The zero-order chi connectivity index (χ0) is 25.1. The molecule has 1 N–H and O–H groups in total. The van der Waals surface area contributed by atoms with E-state index < -0.39 is 0 Å². The van der Waals surface area contributed by atoms with E-state index in [0.29, 0.717) is 16.7 Å². The maximum absolute atomic E-state index is 3.54. The van der Waals surface area contributed by atoms with Gasteiger partial charge in [0.25, 0.3) is 0 Å². The molecule has 0 amide bonds. The first-order valence-electron chi connectivity index (χ1n) is 15.6. The zero-order valence-electron chi connectivity index (χ0n) is 23.8. The van der Waals surface area contributed by atoms with Gasteiger partial charge in [-0.2, -0.15) is 0 Å². The molecule has 1 aromatic carbocycles. The third-order valence-corrected chi connectivity index (χ3v) is 12.3. The van der Waals surface area contributed by atoms with E-state index in [1.54, 1.807) is 0 Å². The van der Waals surface area contributed by atoms with Crippen LogP contribution in [-0.4, -0.2) is 4.98 Å². The average Bonchev–Trinajstić information content (AvgIpc) is 3.44. The highest BCUT2D eigenvalue weighted by molar-refractivity contribution is 5.84. The molecule has 2 aromatic rings. The molecular weight excluding hydrogens is 434 g/mol. The van der Waals surface area contributed by atoms with Gasteiger partial charge in [0.05, 0.1) is 0 Å². The number of benzene rings is 1. The molecule has 0 saturated heterocycles. The van der Waals surface area contributed by atoms with Gasteiger partial charge < -0.3 is 4.98 Å². The van der Waals surface area contributed by atoms with Crippen molar-refractivity contribution in [3.63, 3.8) is 0 Å². The Morgan fingerprint density at radius 2 is 1.75 bits per heavy atom. The van der Waals surface area contributed by atoms with Gasteiger partial charge in [0.2, 0.25) is 0 Å². The second-order valence-electron chi connectivity index (χ2n) is 14.5. The van der Waals surface area contributed by atoms with Crippen molar-refractivity contribution in [2.45, 2.75) is 111 Å². The highest BCUT2D eigenvalue weighted by atomic mass is 14.7. The molecule has 1 unspecified atom stereocenters. The summed E-state index contributed by atoms with van der Waals surface area (Å²) in [5, 5.41) is 1.43. The molecule has 0 radical (unpaired) electrons. The van der Waals surface area contributed by atoms with Crippen molar-refractivity contribution < 1.29 is 0 Å². The summed E-state index contributed by atoms with van der Waals surface area (Å²) in [5.74, 6) is 6.22. The molecule has 4 aliphatic rings. The molecule has 1 heterocycles. The van der Waals surface area contributed by atoms with Crippen LogP contribution < -0.4 is 0 Å². The maximum atomic E-state index is 3.54. The van der Waals surface area contributed by atoms with Gasteiger partial charge in [0, 0.05) is 23.0 Å². The Hall–Kier alpha value is -1.50. The van der Waals surface area contributed by atoms with Gasteiger partial charge in [-0.3, -0.25) is 0 Å². The summed E-state index contributed by atoms with van der Waals surface area (Å²) < 4.78 is 0. The summed E-state index contributed by atoms with van der Waals surface area (Å²) in [6.07, 6.45) is 20.9. The first-order chi connectivity index (χ1) is 17.3. The summed E-state index contributed by atoms with van der Waals surface area (Å²) in [4.78, 5) is 3.54. The van der Waals surface area contributed by atoms with E-state index in [2.05, 4.69) is 76.1 Å². The minimum Gasteiger partial charge on any atom is -0.361 e. The van der Waals surface area contributed by atoms with E-state index in [1.165, 1.54) is 87.1 Å². The van der Waals surface area contributed by atoms with Crippen LogP contribution in [0.5, 0.6) is 0 Å². The Labute approximate surface area is 220 Å². The summed E-state index contributed by atoms with van der Waals surface area (Å²) in [6, 6.07) is 8.89. The molecular formula is C35H51N. The van der Waals surface area contributed by atoms with Crippen LogP contribution in [0.25, 0.3) is 10.9 Å².